The fraction of sp³-hybridized carbons (Fsp3) is 0.556. The first kappa shape index (κ1) is 22.0. The van der Waals surface area contributed by atoms with Gasteiger partial charge in [-0.3, -0.25) is 4.79 Å². The number of nitrogens with one attached hydrogen (secondary N) is 1. The highest BCUT2D eigenvalue weighted by molar-refractivity contribution is 7.92. The summed E-state index contributed by atoms with van der Waals surface area (Å²) in [6.07, 6.45) is -0.595. The number of alkyl carbamates (subject to hydrolysis) is 1. The average Bonchev–Trinajstić information content (AvgIpc) is 2.52. The summed E-state index contributed by atoms with van der Waals surface area (Å²) in [4.78, 5) is 23.1. The molecule has 1 rings (SSSR count). The van der Waals surface area contributed by atoms with Gasteiger partial charge in [0.25, 0.3) is 0 Å². The van der Waals surface area contributed by atoms with Crippen molar-refractivity contribution in [2.45, 2.75) is 44.9 Å². The minimum absolute atomic E-state index is 0.111. The molecule has 2 N–H and O–H groups in total. The van der Waals surface area contributed by atoms with Gasteiger partial charge in [-0.2, -0.15) is 0 Å². The van der Waals surface area contributed by atoms with Gasteiger partial charge in [0, 0.05) is 6.04 Å². The molecule has 1 atom stereocenters. The number of carbonyl (C=O) groups excluding carboxylic acids is 1. The van der Waals surface area contributed by atoms with E-state index in [2.05, 4.69) is 5.32 Å². The van der Waals surface area contributed by atoms with E-state index >= 15 is 0 Å². The van der Waals surface area contributed by atoms with Crippen molar-refractivity contribution in [3.8, 4) is 0 Å². The molecule has 0 saturated carbocycles. The van der Waals surface area contributed by atoms with Crippen LogP contribution in [0.15, 0.2) is 30.3 Å². The summed E-state index contributed by atoms with van der Waals surface area (Å²) in [5.41, 5.74) is 0.750. The monoisotopic (exact) mass is 385 g/mol. The van der Waals surface area contributed by atoms with Gasteiger partial charge in [-0.05, 0) is 39.7 Å². The van der Waals surface area contributed by atoms with E-state index in [0.29, 0.717) is 0 Å². The van der Waals surface area contributed by atoms with E-state index in [1.807, 2.05) is 0 Å². The van der Waals surface area contributed by atoms with Crippen molar-refractivity contribution in [3.05, 3.63) is 35.9 Å². The van der Waals surface area contributed by atoms with Crippen LogP contribution in [0.4, 0.5) is 4.79 Å². The lowest BCUT2D eigenvalue weighted by molar-refractivity contribution is -0.140. The van der Waals surface area contributed by atoms with Crippen LogP contribution in [0.5, 0.6) is 0 Å². The molecule has 0 aliphatic rings. The molecule has 146 valence electrons. The molecule has 26 heavy (non-hydrogen) atoms. The molecule has 0 fully saturated rings. The zero-order valence-corrected chi connectivity index (χ0v) is 16.4. The Morgan fingerprint density at radius 3 is 2.27 bits per heavy atom. The molecule has 0 saturated heterocycles. The molecule has 0 aliphatic carbocycles. The van der Waals surface area contributed by atoms with Gasteiger partial charge in [-0.25, -0.2) is 13.2 Å². The Bertz CT molecular complexity index is 712. The van der Waals surface area contributed by atoms with Crippen LogP contribution >= 0.6 is 0 Å². The van der Waals surface area contributed by atoms with E-state index in [4.69, 9.17) is 4.74 Å². The third-order valence-electron chi connectivity index (χ3n) is 3.89. The third kappa shape index (κ3) is 6.67. The van der Waals surface area contributed by atoms with Crippen LogP contribution in [-0.2, 0) is 25.8 Å². The van der Waals surface area contributed by atoms with Crippen molar-refractivity contribution in [1.82, 2.24) is 5.32 Å². The predicted molar refractivity (Wildman–Crippen MR) is 98.8 cm³/mol. The highest BCUT2D eigenvalue weighted by Crippen LogP contribution is 2.22. The van der Waals surface area contributed by atoms with Gasteiger partial charge in [0.2, 0.25) is 0 Å². The van der Waals surface area contributed by atoms with Gasteiger partial charge in [0.15, 0.2) is 9.84 Å². The molecule has 0 aromatic heterocycles. The van der Waals surface area contributed by atoms with Crippen molar-refractivity contribution in [2.75, 3.05) is 12.4 Å². The zero-order chi connectivity index (χ0) is 20.0. The predicted octanol–water partition coefficient (Wildman–Crippen LogP) is 2.26. The molecule has 0 aliphatic heterocycles. The van der Waals surface area contributed by atoms with Gasteiger partial charge in [-0.1, -0.05) is 30.3 Å². The van der Waals surface area contributed by atoms with Crippen LogP contribution < -0.4 is 5.32 Å². The maximum absolute atomic E-state index is 12.7. The van der Waals surface area contributed by atoms with E-state index in [-0.39, 0.29) is 19.1 Å². The molecular weight excluding hydrogens is 358 g/mol. The average molecular weight is 385 g/mol. The first-order chi connectivity index (χ1) is 11.9. The van der Waals surface area contributed by atoms with Gasteiger partial charge in [0.05, 0.1) is 11.7 Å². The number of rotatable bonds is 9. The number of aliphatic carboxylic acids is 1. The SMILES string of the molecule is CC(C)NC(=O)OCC(C)(C)S(=O)(=O)CC(Cc1ccccc1)C(=O)O. The minimum atomic E-state index is -3.83. The van der Waals surface area contributed by atoms with Gasteiger partial charge in [0.1, 0.15) is 11.4 Å². The number of sulfone groups is 1. The Labute approximate surface area is 154 Å². The second kappa shape index (κ2) is 9.02. The maximum atomic E-state index is 12.7. The van der Waals surface area contributed by atoms with Crippen LogP contribution in [0.1, 0.15) is 33.3 Å². The molecule has 1 aromatic rings. The van der Waals surface area contributed by atoms with Crippen LogP contribution in [0.25, 0.3) is 0 Å². The zero-order valence-electron chi connectivity index (χ0n) is 15.6. The lowest BCUT2D eigenvalue weighted by Crippen LogP contribution is -2.44. The molecule has 0 bridgehead atoms. The standard InChI is InChI=1S/C18H27NO6S/c1-13(2)19-17(22)25-12-18(3,4)26(23,24)11-15(16(20)21)10-14-8-6-5-7-9-14/h5-9,13,15H,10-12H2,1-4H3,(H,19,22)(H,20,21). The smallest absolute Gasteiger partial charge is 0.407 e. The second-order valence-electron chi connectivity index (χ2n) is 7.14. The summed E-state index contributed by atoms with van der Waals surface area (Å²) < 4.78 is 29.0. The highest BCUT2D eigenvalue weighted by Gasteiger charge is 2.39. The van der Waals surface area contributed by atoms with Crippen LogP contribution in [-0.4, -0.2) is 48.7 Å². The number of carbonyl (C=O) groups is 2. The Kier molecular flexibility index (Phi) is 7.62. The normalized spacial score (nSPS) is 13.3. The van der Waals surface area contributed by atoms with Crippen molar-refractivity contribution in [3.63, 3.8) is 0 Å². The third-order valence-corrected chi connectivity index (χ3v) is 6.54. The molecule has 0 heterocycles. The summed E-state index contributed by atoms with van der Waals surface area (Å²) in [6.45, 7) is 6.00. The summed E-state index contributed by atoms with van der Waals surface area (Å²) in [5.74, 6) is -2.78. The van der Waals surface area contributed by atoms with E-state index in [1.165, 1.54) is 13.8 Å². The molecule has 1 amide bonds. The molecule has 8 heteroatoms. The highest BCUT2D eigenvalue weighted by atomic mass is 32.2. The van der Waals surface area contributed by atoms with E-state index < -0.39 is 38.3 Å². The fourth-order valence-electron chi connectivity index (χ4n) is 2.21. The first-order valence-electron chi connectivity index (χ1n) is 8.37. The van der Waals surface area contributed by atoms with Crippen LogP contribution in [0, 0.1) is 5.92 Å². The Balaban J connectivity index is 2.81. The number of benzene rings is 1. The first-order valence-corrected chi connectivity index (χ1v) is 10.0. The number of hydrogen-bond donors (Lipinski definition) is 2. The van der Waals surface area contributed by atoms with E-state index in [0.717, 1.165) is 5.56 Å². The molecule has 1 aromatic carbocycles. The molecular formula is C18H27NO6S. The van der Waals surface area contributed by atoms with Gasteiger partial charge < -0.3 is 15.2 Å². The molecule has 0 radical (unpaired) electrons. The lowest BCUT2D eigenvalue weighted by atomic mass is 10.0. The van der Waals surface area contributed by atoms with Crippen molar-refractivity contribution in [2.24, 2.45) is 5.92 Å². The van der Waals surface area contributed by atoms with Crippen molar-refractivity contribution < 1.29 is 27.9 Å². The second-order valence-corrected chi connectivity index (χ2v) is 9.81. The molecule has 0 spiro atoms. The van der Waals surface area contributed by atoms with Crippen LogP contribution in [0.3, 0.4) is 0 Å². The van der Waals surface area contributed by atoms with E-state index in [1.54, 1.807) is 44.2 Å². The Morgan fingerprint density at radius 1 is 1.19 bits per heavy atom. The largest absolute Gasteiger partial charge is 0.481 e. The minimum Gasteiger partial charge on any atom is -0.481 e. The topological polar surface area (TPSA) is 110 Å². The summed E-state index contributed by atoms with van der Waals surface area (Å²) in [5, 5.41) is 11.9. The van der Waals surface area contributed by atoms with Crippen LogP contribution in [0.2, 0.25) is 0 Å². The summed E-state index contributed by atoms with van der Waals surface area (Å²) in [6, 6.07) is 8.73. The number of hydrogen-bond acceptors (Lipinski definition) is 5. The maximum Gasteiger partial charge on any atom is 0.407 e. The van der Waals surface area contributed by atoms with Crippen molar-refractivity contribution in [1.29, 1.82) is 0 Å². The van der Waals surface area contributed by atoms with E-state index in [9.17, 15) is 23.1 Å². The van der Waals surface area contributed by atoms with Gasteiger partial charge in [-0.15, -0.1) is 0 Å². The van der Waals surface area contributed by atoms with Crippen molar-refractivity contribution >= 4 is 21.9 Å². The quantitative estimate of drug-likeness (QED) is 0.675. The Hall–Kier alpha value is -2.09. The lowest BCUT2D eigenvalue weighted by Gasteiger charge is -2.26. The summed E-state index contributed by atoms with van der Waals surface area (Å²) in [7, 11) is -3.83. The molecule has 7 nitrogen and oxygen atoms in total. The number of ether oxygens (including phenoxy) is 1. The Morgan fingerprint density at radius 2 is 1.77 bits per heavy atom. The fourth-order valence-corrected chi connectivity index (χ4v) is 3.69. The molecule has 1 unspecified atom stereocenters. The number of carboxylic acids is 1. The number of amides is 1. The summed E-state index contributed by atoms with van der Waals surface area (Å²) >= 11 is 0. The van der Waals surface area contributed by atoms with Gasteiger partial charge >= 0.3 is 12.1 Å². The number of carboxylic acid groups (broad SMARTS) is 1.